The highest BCUT2D eigenvalue weighted by Gasteiger charge is 2.09. The smallest absolute Gasteiger partial charge is 0.335 e. The average molecular weight is 274 g/mol. The van der Waals surface area contributed by atoms with Crippen LogP contribution in [0.25, 0.3) is 0 Å². The normalized spacial score (nSPS) is 10.2. The largest absolute Gasteiger partial charge is 0.478 e. The predicted octanol–water partition coefficient (Wildman–Crippen LogP) is 0.486. The number of nitrogens with one attached hydrogen (secondary N) is 1. The van der Waals surface area contributed by atoms with E-state index in [9.17, 15) is 9.59 Å². The molecule has 1 amide bonds. The zero-order valence-electron chi connectivity index (χ0n) is 10.9. The zero-order chi connectivity index (χ0) is 14.5. The van der Waals surface area contributed by atoms with E-state index in [0.717, 1.165) is 5.82 Å². The van der Waals surface area contributed by atoms with Crippen LogP contribution in [0, 0.1) is 0 Å². The van der Waals surface area contributed by atoms with E-state index in [1.54, 1.807) is 23.0 Å². The molecule has 0 aliphatic rings. The molecule has 0 unspecified atom stereocenters. The fourth-order valence-corrected chi connectivity index (χ4v) is 1.72. The lowest BCUT2D eigenvalue weighted by atomic mass is 10.1. The molecule has 0 fully saturated rings. The van der Waals surface area contributed by atoms with E-state index in [4.69, 9.17) is 5.11 Å². The third-order valence-electron chi connectivity index (χ3n) is 2.81. The fourth-order valence-electron chi connectivity index (χ4n) is 1.72. The van der Waals surface area contributed by atoms with Crippen molar-refractivity contribution in [1.29, 1.82) is 0 Å². The molecule has 2 N–H and O–H groups in total. The molecule has 0 aliphatic carbocycles. The van der Waals surface area contributed by atoms with Gasteiger partial charge >= 0.3 is 5.97 Å². The van der Waals surface area contributed by atoms with Crippen molar-refractivity contribution in [2.75, 3.05) is 6.54 Å². The van der Waals surface area contributed by atoms with E-state index in [1.165, 1.54) is 12.1 Å². The van der Waals surface area contributed by atoms with Crippen LogP contribution in [0.2, 0.25) is 0 Å². The standard InChI is InChI=1S/C13H14N4O3/c1-17-8-15-16-11(17)5-6-14-12(18)9-3-2-4-10(7-9)13(19)20/h2-4,7-8H,5-6H2,1H3,(H,14,18)(H,19,20). The lowest BCUT2D eigenvalue weighted by Gasteiger charge is -2.05. The molecule has 0 radical (unpaired) electrons. The van der Waals surface area contributed by atoms with Crippen molar-refractivity contribution in [3.63, 3.8) is 0 Å². The van der Waals surface area contributed by atoms with Crippen LogP contribution in [0.4, 0.5) is 0 Å². The highest BCUT2D eigenvalue weighted by molar-refractivity contribution is 5.97. The number of aromatic carboxylic acids is 1. The molecule has 2 rings (SSSR count). The predicted molar refractivity (Wildman–Crippen MR) is 70.4 cm³/mol. The Kier molecular flexibility index (Phi) is 4.09. The highest BCUT2D eigenvalue weighted by atomic mass is 16.4. The first-order chi connectivity index (χ1) is 9.58. The molecule has 2 aromatic rings. The molecule has 1 aromatic carbocycles. The molecule has 0 saturated carbocycles. The summed E-state index contributed by atoms with van der Waals surface area (Å²) in [6.45, 7) is 0.405. The van der Waals surface area contributed by atoms with Crippen molar-refractivity contribution in [3.05, 3.63) is 47.5 Å². The van der Waals surface area contributed by atoms with Crippen molar-refractivity contribution in [3.8, 4) is 0 Å². The molecule has 0 saturated heterocycles. The number of rotatable bonds is 5. The van der Waals surface area contributed by atoms with Crippen LogP contribution in [0.5, 0.6) is 0 Å². The molecule has 7 nitrogen and oxygen atoms in total. The first kappa shape index (κ1) is 13.7. The van der Waals surface area contributed by atoms with Crippen LogP contribution < -0.4 is 5.32 Å². The Morgan fingerprint density at radius 1 is 1.35 bits per heavy atom. The summed E-state index contributed by atoms with van der Waals surface area (Å²) >= 11 is 0. The topological polar surface area (TPSA) is 97.1 Å². The number of aryl methyl sites for hydroxylation is 1. The van der Waals surface area contributed by atoms with Gasteiger partial charge in [-0.3, -0.25) is 4.79 Å². The monoisotopic (exact) mass is 274 g/mol. The van der Waals surface area contributed by atoms with Crippen LogP contribution in [0.15, 0.2) is 30.6 Å². The van der Waals surface area contributed by atoms with Crippen molar-refractivity contribution >= 4 is 11.9 Å². The summed E-state index contributed by atoms with van der Waals surface area (Å²) in [5.74, 6) is -0.599. The second-order valence-corrected chi connectivity index (χ2v) is 4.25. The summed E-state index contributed by atoms with van der Waals surface area (Å²) in [7, 11) is 1.83. The summed E-state index contributed by atoms with van der Waals surface area (Å²) in [6, 6.07) is 5.91. The van der Waals surface area contributed by atoms with Crippen LogP contribution in [0.3, 0.4) is 0 Å². The van der Waals surface area contributed by atoms with E-state index in [1.807, 2.05) is 7.05 Å². The maximum atomic E-state index is 11.9. The van der Waals surface area contributed by atoms with Gasteiger partial charge in [-0.1, -0.05) is 6.07 Å². The minimum atomic E-state index is -1.06. The van der Waals surface area contributed by atoms with Gasteiger partial charge in [-0.05, 0) is 18.2 Å². The summed E-state index contributed by atoms with van der Waals surface area (Å²) in [5, 5.41) is 19.2. The van der Waals surface area contributed by atoms with Gasteiger partial charge in [0.2, 0.25) is 0 Å². The third kappa shape index (κ3) is 3.19. The van der Waals surface area contributed by atoms with Crippen molar-refractivity contribution in [1.82, 2.24) is 20.1 Å². The van der Waals surface area contributed by atoms with Crippen LogP contribution in [-0.2, 0) is 13.5 Å². The summed E-state index contributed by atoms with van der Waals surface area (Å²) in [5.41, 5.74) is 0.411. The fraction of sp³-hybridized carbons (Fsp3) is 0.231. The van der Waals surface area contributed by atoms with Crippen LogP contribution in [0.1, 0.15) is 26.5 Å². The number of aromatic nitrogens is 3. The maximum Gasteiger partial charge on any atom is 0.335 e. The van der Waals surface area contributed by atoms with E-state index in [2.05, 4.69) is 15.5 Å². The van der Waals surface area contributed by atoms with E-state index < -0.39 is 5.97 Å². The Balaban J connectivity index is 1.93. The van der Waals surface area contributed by atoms with Gasteiger partial charge in [0.05, 0.1) is 5.56 Å². The maximum absolute atomic E-state index is 11.9. The van der Waals surface area contributed by atoms with Crippen LogP contribution >= 0.6 is 0 Å². The minimum absolute atomic E-state index is 0.0888. The number of carbonyl (C=O) groups is 2. The number of carbonyl (C=O) groups excluding carboxylic acids is 1. The van der Waals surface area contributed by atoms with Gasteiger partial charge < -0.3 is 15.0 Å². The Labute approximate surface area is 115 Å². The molecular formula is C13H14N4O3. The number of amides is 1. The summed E-state index contributed by atoms with van der Waals surface area (Å²) < 4.78 is 1.78. The number of carboxylic acids is 1. The zero-order valence-corrected chi connectivity index (χ0v) is 10.9. The van der Waals surface area contributed by atoms with Gasteiger partial charge in [-0.15, -0.1) is 10.2 Å². The number of benzene rings is 1. The average Bonchev–Trinajstić information content (AvgIpc) is 2.84. The molecule has 0 aliphatic heterocycles. The molecule has 1 aromatic heterocycles. The Morgan fingerprint density at radius 3 is 2.75 bits per heavy atom. The van der Waals surface area contributed by atoms with Gasteiger partial charge in [-0.25, -0.2) is 4.79 Å². The molecule has 104 valence electrons. The Bertz CT molecular complexity index is 636. The SMILES string of the molecule is Cn1cnnc1CCNC(=O)c1cccc(C(=O)O)c1. The first-order valence-corrected chi connectivity index (χ1v) is 6.02. The van der Waals surface area contributed by atoms with Gasteiger partial charge in [0.15, 0.2) is 0 Å². The van der Waals surface area contributed by atoms with E-state index in [0.29, 0.717) is 18.5 Å². The molecular weight excluding hydrogens is 260 g/mol. The highest BCUT2D eigenvalue weighted by Crippen LogP contribution is 2.05. The number of carboxylic acid groups (broad SMARTS) is 1. The summed E-state index contributed by atoms with van der Waals surface area (Å²) in [4.78, 5) is 22.7. The lowest BCUT2D eigenvalue weighted by Crippen LogP contribution is -2.26. The van der Waals surface area contributed by atoms with E-state index in [-0.39, 0.29) is 11.5 Å². The second-order valence-electron chi connectivity index (χ2n) is 4.25. The van der Waals surface area contributed by atoms with Gasteiger partial charge in [0.25, 0.3) is 5.91 Å². The van der Waals surface area contributed by atoms with Gasteiger partial charge in [-0.2, -0.15) is 0 Å². The molecule has 0 bridgehead atoms. The quantitative estimate of drug-likeness (QED) is 0.826. The van der Waals surface area contributed by atoms with E-state index >= 15 is 0 Å². The molecule has 0 spiro atoms. The van der Waals surface area contributed by atoms with Crippen molar-refractivity contribution in [2.45, 2.75) is 6.42 Å². The van der Waals surface area contributed by atoms with Gasteiger partial charge in [0.1, 0.15) is 12.2 Å². The van der Waals surface area contributed by atoms with Crippen molar-refractivity contribution in [2.24, 2.45) is 7.05 Å². The number of nitrogens with zero attached hydrogens (tertiary/aromatic N) is 3. The number of hydrogen-bond acceptors (Lipinski definition) is 4. The third-order valence-corrected chi connectivity index (χ3v) is 2.81. The van der Waals surface area contributed by atoms with Gasteiger partial charge in [0, 0.05) is 25.6 Å². The summed E-state index contributed by atoms with van der Waals surface area (Å²) in [6.07, 6.45) is 2.15. The van der Waals surface area contributed by atoms with Crippen molar-refractivity contribution < 1.29 is 14.7 Å². The second kappa shape index (κ2) is 5.96. The molecule has 7 heteroatoms. The molecule has 0 atom stereocenters. The Hall–Kier alpha value is -2.70. The van der Waals surface area contributed by atoms with Crippen LogP contribution in [-0.4, -0.2) is 38.3 Å². The number of hydrogen-bond donors (Lipinski definition) is 2. The lowest BCUT2D eigenvalue weighted by molar-refractivity contribution is 0.0697. The minimum Gasteiger partial charge on any atom is -0.478 e. The molecule has 1 heterocycles. The molecule has 20 heavy (non-hydrogen) atoms. The Morgan fingerprint density at radius 2 is 2.10 bits per heavy atom. The first-order valence-electron chi connectivity index (χ1n) is 6.02.